The Morgan fingerprint density at radius 1 is 1.09 bits per heavy atom. The molecular formula is C18H20N2O2S. The Labute approximate surface area is 140 Å². The van der Waals surface area contributed by atoms with Crippen LogP contribution < -0.4 is 5.73 Å². The Morgan fingerprint density at radius 2 is 1.74 bits per heavy atom. The third-order valence-corrected chi connectivity index (χ3v) is 4.60. The number of nitrogens with zero attached hydrogens (tertiary/aromatic N) is 1. The molecule has 0 fully saturated rings. The molecule has 5 heteroatoms. The average Bonchev–Trinajstić information content (AvgIpc) is 2.54. The van der Waals surface area contributed by atoms with Crippen LogP contribution in [0, 0.1) is 6.92 Å². The second-order valence-corrected chi connectivity index (χ2v) is 6.36. The van der Waals surface area contributed by atoms with Gasteiger partial charge in [0.05, 0.1) is 11.3 Å². The lowest BCUT2D eigenvalue weighted by Crippen LogP contribution is -2.27. The zero-order valence-electron chi connectivity index (χ0n) is 13.3. The van der Waals surface area contributed by atoms with Crippen LogP contribution >= 0.6 is 11.8 Å². The summed E-state index contributed by atoms with van der Waals surface area (Å²) in [5, 5.41) is 0. The molecule has 2 aromatic carbocycles. The smallest absolute Gasteiger partial charge is 0.255 e. The highest BCUT2D eigenvalue weighted by atomic mass is 32.2. The van der Waals surface area contributed by atoms with E-state index < -0.39 is 5.91 Å². The molecule has 0 aromatic heterocycles. The predicted octanol–water partition coefficient (Wildman–Crippen LogP) is 2.84. The Kier molecular flexibility index (Phi) is 5.82. The number of carbonyl (C=O) groups is 2. The van der Waals surface area contributed by atoms with E-state index in [1.165, 1.54) is 11.8 Å². The lowest BCUT2D eigenvalue weighted by molar-refractivity contribution is -0.115. The van der Waals surface area contributed by atoms with Crippen molar-refractivity contribution in [3.63, 3.8) is 0 Å². The molecule has 0 aliphatic carbocycles. The van der Waals surface area contributed by atoms with Crippen molar-refractivity contribution in [2.24, 2.45) is 5.73 Å². The molecule has 0 saturated carbocycles. The lowest BCUT2D eigenvalue weighted by atomic mass is 10.1. The van der Waals surface area contributed by atoms with Crippen LogP contribution in [0.3, 0.4) is 0 Å². The van der Waals surface area contributed by atoms with Gasteiger partial charge in [-0.15, -0.1) is 11.8 Å². The molecule has 0 aliphatic heterocycles. The van der Waals surface area contributed by atoms with Gasteiger partial charge in [-0.1, -0.05) is 36.4 Å². The first-order chi connectivity index (χ1) is 11.0. The molecule has 4 nitrogen and oxygen atoms in total. The van der Waals surface area contributed by atoms with Gasteiger partial charge in [-0.2, -0.15) is 0 Å². The highest BCUT2D eigenvalue weighted by Gasteiger charge is 2.17. The first-order valence-electron chi connectivity index (χ1n) is 7.29. The number of hydrogen-bond donors (Lipinski definition) is 1. The minimum absolute atomic E-state index is 0.0687. The van der Waals surface area contributed by atoms with Crippen LogP contribution in [0.2, 0.25) is 0 Å². The molecule has 0 spiro atoms. The van der Waals surface area contributed by atoms with Gasteiger partial charge in [0.15, 0.2) is 0 Å². The molecule has 2 rings (SSSR count). The Balaban J connectivity index is 2.16. The van der Waals surface area contributed by atoms with Crippen LogP contribution in [0.5, 0.6) is 0 Å². The van der Waals surface area contributed by atoms with Gasteiger partial charge in [-0.3, -0.25) is 9.59 Å². The van der Waals surface area contributed by atoms with Crippen LogP contribution in [0.4, 0.5) is 0 Å². The average molecular weight is 328 g/mol. The summed E-state index contributed by atoms with van der Waals surface area (Å²) in [5.74, 6) is -0.308. The highest BCUT2D eigenvalue weighted by Crippen LogP contribution is 2.24. The molecule has 0 saturated heterocycles. The molecule has 23 heavy (non-hydrogen) atoms. The van der Waals surface area contributed by atoms with Crippen LogP contribution in [-0.4, -0.2) is 29.5 Å². The number of nitrogens with two attached hydrogens (primary N) is 1. The number of primary amides is 1. The van der Waals surface area contributed by atoms with Crippen molar-refractivity contribution in [3.05, 3.63) is 65.2 Å². The van der Waals surface area contributed by atoms with Crippen molar-refractivity contribution in [1.29, 1.82) is 0 Å². The van der Waals surface area contributed by atoms with Gasteiger partial charge in [-0.05, 0) is 30.2 Å². The quantitative estimate of drug-likeness (QED) is 0.829. The van der Waals surface area contributed by atoms with Crippen LogP contribution in [-0.2, 0) is 11.3 Å². The second-order valence-electron chi connectivity index (χ2n) is 5.34. The number of thioether (sulfide) groups is 1. The van der Waals surface area contributed by atoms with Crippen LogP contribution in [0.15, 0.2) is 53.4 Å². The van der Waals surface area contributed by atoms with Crippen molar-refractivity contribution in [1.82, 2.24) is 4.90 Å². The van der Waals surface area contributed by atoms with E-state index in [0.29, 0.717) is 12.1 Å². The van der Waals surface area contributed by atoms with E-state index in [2.05, 4.69) is 0 Å². The van der Waals surface area contributed by atoms with Gasteiger partial charge in [-0.25, -0.2) is 0 Å². The van der Waals surface area contributed by atoms with E-state index in [1.54, 1.807) is 18.0 Å². The maximum absolute atomic E-state index is 12.7. The van der Waals surface area contributed by atoms with Gasteiger partial charge in [0.25, 0.3) is 5.91 Å². The highest BCUT2D eigenvalue weighted by molar-refractivity contribution is 8.00. The third-order valence-electron chi connectivity index (χ3n) is 3.50. The molecule has 120 valence electrons. The number of benzene rings is 2. The van der Waals surface area contributed by atoms with E-state index in [-0.39, 0.29) is 11.7 Å². The van der Waals surface area contributed by atoms with Crippen molar-refractivity contribution in [2.75, 3.05) is 12.8 Å². The molecule has 2 aromatic rings. The molecule has 0 unspecified atom stereocenters. The largest absolute Gasteiger partial charge is 0.369 e. The summed E-state index contributed by atoms with van der Waals surface area (Å²) in [4.78, 5) is 26.2. The maximum atomic E-state index is 12.7. The molecule has 0 radical (unpaired) electrons. The van der Waals surface area contributed by atoms with E-state index in [4.69, 9.17) is 5.73 Å². The van der Waals surface area contributed by atoms with Gasteiger partial charge < -0.3 is 10.6 Å². The molecule has 2 amide bonds. The molecule has 2 N–H and O–H groups in total. The van der Waals surface area contributed by atoms with Gasteiger partial charge in [0, 0.05) is 18.5 Å². The number of rotatable bonds is 6. The Hall–Kier alpha value is -2.27. The van der Waals surface area contributed by atoms with E-state index in [9.17, 15) is 9.59 Å². The molecule has 0 aliphatic rings. The predicted molar refractivity (Wildman–Crippen MR) is 93.3 cm³/mol. The topological polar surface area (TPSA) is 63.4 Å². The zero-order chi connectivity index (χ0) is 16.8. The van der Waals surface area contributed by atoms with Crippen molar-refractivity contribution < 1.29 is 9.59 Å². The minimum Gasteiger partial charge on any atom is -0.369 e. The first kappa shape index (κ1) is 17.1. The normalized spacial score (nSPS) is 10.3. The lowest BCUT2D eigenvalue weighted by Gasteiger charge is -2.20. The van der Waals surface area contributed by atoms with Crippen LogP contribution in [0.25, 0.3) is 0 Å². The van der Waals surface area contributed by atoms with Crippen molar-refractivity contribution in [3.8, 4) is 0 Å². The summed E-state index contributed by atoms with van der Waals surface area (Å²) in [6.07, 6.45) is 0. The third kappa shape index (κ3) is 4.60. The van der Waals surface area contributed by atoms with Crippen molar-refractivity contribution in [2.45, 2.75) is 18.4 Å². The van der Waals surface area contributed by atoms with E-state index >= 15 is 0 Å². The maximum Gasteiger partial charge on any atom is 0.255 e. The summed E-state index contributed by atoms with van der Waals surface area (Å²) in [6.45, 7) is 2.57. The second kappa shape index (κ2) is 7.83. The molecule has 0 heterocycles. The monoisotopic (exact) mass is 328 g/mol. The summed E-state index contributed by atoms with van der Waals surface area (Å²) >= 11 is 1.29. The fourth-order valence-corrected chi connectivity index (χ4v) is 3.02. The standard InChI is InChI=1S/C18H20N2O2S/c1-13-7-3-4-8-14(13)11-20(2)18(22)15-9-5-6-10-16(15)23-12-17(19)21/h3-10H,11-12H2,1-2H3,(H2,19,21). The molecular weight excluding hydrogens is 308 g/mol. The number of hydrogen-bond acceptors (Lipinski definition) is 3. The Morgan fingerprint density at radius 3 is 2.43 bits per heavy atom. The summed E-state index contributed by atoms with van der Waals surface area (Å²) in [5.41, 5.74) is 8.05. The number of carbonyl (C=O) groups excluding carboxylic acids is 2. The van der Waals surface area contributed by atoms with Gasteiger partial charge in [0.2, 0.25) is 5.91 Å². The first-order valence-corrected chi connectivity index (χ1v) is 8.27. The van der Waals surface area contributed by atoms with Gasteiger partial charge in [0.1, 0.15) is 0 Å². The number of aryl methyl sites for hydroxylation is 1. The fraction of sp³-hybridized carbons (Fsp3) is 0.222. The van der Waals surface area contributed by atoms with E-state index in [1.807, 2.05) is 49.4 Å². The molecule has 0 bridgehead atoms. The zero-order valence-corrected chi connectivity index (χ0v) is 14.1. The SMILES string of the molecule is Cc1ccccc1CN(C)C(=O)c1ccccc1SCC(N)=O. The summed E-state index contributed by atoms with van der Waals surface area (Å²) in [7, 11) is 1.78. The molecule has 0 atom stereocenters. The van der Waals surface area contributed by atoms with E-state index in [0.717, 1.165) is 16.0 Å². The Bertz CT molecular complexity index is 716. The fourth-order valence-electron chi connectivity index (χ4n) is 2.24. The minimum atomic E-state index is -0.398. The van der Waals surface area contributed by atoms with Gasteiger partial charge >= 0.3 is 0 Å². The summed E-state index contributed by atoms with van der Waals surface area (Å²) < 4.78 is 0. The van der Waals surface area contributed by atoms with Crippen molar-refractivity contribution >= 4 is 23.6 Å². The number of amides is 2. The van der Waals surface area contributed by atoms with Crippen LogP contribution in [0.1, 0.15) is 21.5 Å². The summed E-state index contributed by atoms with van der Waals surface area (Å²) in [6, 6.07) is 15.3.